The lowest BCUT2D eigenvalue weighted by atomic mass is 9.97. The minimum Gasteiger partial charge on any atom is -0.466 e. The molecule has 1 aliphatic rings. The first-order valence-electron chi connectivity index (χ1n) is 10.1. The van der Waals surface area contributed by atoms with E-state index in [9.17, 15) is 13.2 Å². The number of hydrogen-bond donors (Lipinski definition) is 0. The van der Waals surface area contributed by atoms with Gasteiger partial charge < -0.3 is 9.30 Å². The lowest BCUT2D eigenvalue weighted by Crippen LogP contribution is -2.37. The van der Waals surface area contributed by atoms with E-state index in [1.807, 2.05) is 13.0 Å². The van der Waals surface area contributed by atoms with Crippen LogP contribution in [0.2, 0.25) is 0 Å². The summed E-state index contributed by atoms with van der Waals surface area (Å²) in [5.41, 5.74) is 1.62. The number of esters is 1. The average Bonchev–Trinajstić information content (AvgIpc) is 3.04. The molecule has 0 unspecified atom stereocenters. The van der Waals surface area contributed by atoms with Crippen LogP contribution in [0.15, 0.2) is 23.1 Å². The molecule has 0 saturated carbocycles. The fourth-order valence-corrected chi connectivity index (χ4v) is 4.71. The van der Waals surface area contributed by atoms with Gasteiger partial charge in [-0.05, 0) is 58.0 Å². The molecule has 8 nitrogen and oxygen atoms in total. The van der Waals surface area contributed by atoms with E-state index in [1.165, 1.54) is 18.4 Å². The summed E-state index contributed by atoms with van der Waals surface area (Å²) in [4.78, 5) is 19.2. The van der Waals surface area contributed by atoms with Gasteiger partial charge in [0.1, 0.15) is 5.82 Å². The van der Waals surface area contributed by atoms with E-state index in [-0.39, 0.29) is 16.8 Å². The molecule has 0 bridgehead atoms. The van der Waals surface area contributed by atoms with Crippen molar-refractivity contribution in [3.05, 3.63) is 24.0 Å². The van der Waals surface area contributed by atoms with Gasteiger partial charge >= 0.3 is 5.97 Å². The van der Waals surface area contributed by atoms with Crippen LogP contribution in [0.3, 0.4) is 0 Å². The molecule has 0 atom stereocenters. The Morgan fingerprint density at radius 3 is 2.52 bits per heavy atom. The van der Waals surface area contributed by atoms with Gasteiger partial charge in [-0.1, -0.05) is 0 Å². The minimum absolute atomic E-state index is 0.0185. The topological polar surface area (TPSA) is 84.7 Å². The van der Waals surface area contributed by atoms with Crippen molar-refractivity contribution in [2.75, 3.05) is 33.8 Å². The minimum atomic E-state index is -3.50. The van der Waals surface area contributed by atoms with Crippen LogP contribution in [0.5, 0.6) is 0 Å². The molecule has 160 valence electrons. The predicted molar refractivity (Wildman–Crippen MR) is 111 cm³/mol. The SMILES string of the molecule is CCOC(=O)C1CCN(Cc2nc3cc(S(=O)(=O)N(C)C)ccc3n2CC)CC1. The number of carbonyl (C=O) groups excluding carboxylic acids is 1. The smallest absolute Gasteiger partial charge is 0.309 e. The highest BCUT2D eigenvalue weighted by Crippen LogP contribution is 2.25. The number of aromatic nitrogens is 2. The number of benzene rings is 1. The van der Waals surface area contributed by atoms with Crippen molar-refractivity contribution in [1.29, 1.82) is 0 Å². The summed E-state index contributed by atoms with van der Waals surface area (Å²) >= 11 is 0. The summed E-state index contributed by atoms with van der Waals surface area (Å²) in [5, 5.41) is 0. The molecule has 2 aromatic rings. The molecule has 0 amide bonds. The third kappa shape index (κ3) is 4.46. The molecule has 1 aromatic heterocycles. The predicted octanol–water partition coefficient (Wildman–Crippen LogP) is 2.08. The standard InChI is InChI=1S/C20H30N4O4S/c1-5-24-18-8-7-16(29(26,27)22(3)4)13-17(18)21-19(24)14-23-11-9-15(10-12-23)20(25)28-6-2/h7-8,13,15H,5-6,9-12,14H2,1-4H3. The second-order valence-corrected chi connectivity index (χ2v) is 9.66. The maximum Gasteiger partial charge on any atom is 0.309 e. The lowest BCUT2D eigenvalue weighted by molar-refractivity contribution is -0.149. The Morgan fingerprint density at radius 2 is 1.93 bits per heavy atom. The molecule has 0 spiro atoms. The van der Waals surface area contributed by atoms with Gasteiger partial charge in [0.25, 0.3) is 0 Å². The van der Waals surface area contributed by atoms with Crippen LogP contribution in [-0.2, 0) is 32.6 Å². The van der Waals surface area contributed by atoms with Crippen molar-refractivity contribution in [3.8, 4) is 0 Å². The molecule has 1 aliphatic heterocycles. The number of ether oxygens (including phenoxy) is 1. The van der Waals surface area contributed by atoms with Crippen LogP contribution in [0.1, 0.15) is 32.5 Å². The van der Waals surface area contributed by atoms with Gasteiger partial charge in [0, 0.05) is 20.6 Å². The Labute approximate surface area is 172 Å². The fourth-order valence-electron chi connectivity index (χ4n) is 3.79. The van der Waals surface area contributed by atoms with Crippen LogP contribution in [0, 0.1) is 5.92 Å². The van der Waals surface area contributed by atoms with Crippen LogP contribution in [0.25, 0.3) is 11.0 Å². The van der Waals surface area contributed by atoms with E-state index in [1.54, 1.807) is 12.1 Å². The van der Waals surface area contributed by atoms with Crippen LogP contribution < -0.4 is 0 Å². The first-order chi connectivity index (χ1) is 13.8. The number of sulfonamides is 1. The molecular formula is C20H30N4O4S. The largest absolute Gasteiger partial charge is 0.466 e. The van der Waals surface area contributed by atoms with Gasteiger partial charge in [-0.3, -0.25) is 9.69 Å². The highest BCUT2D eigenvalue weighted by atomic mass is 32.2. The first kappa shape index (κ1) is 21.7. The Morgan fingerprint density at radius 1 is 1.24 bits per heavy atom. The molecule has 9 heteroatoms. The average molecular weight is 423 g/mol. The zero-order chi connectivity index (χ0) is 21.2. The molecule has 0 radical (unpaired) electrons. The third-order valence-electron chi connectivity index (χ3n) is 5.47. The highest BCUT2D eigenvalue weighted by Gasteiger charge is 2.27. The van der Waals surface area contributed by atoms with Crippen molar-refractivity contribution in [2.24, 2.45) is 5.92 Å². The Balaban J connectivity index is 1.79. The number of likely N-dealkylation sites (tertiary alicyclic amines) is 1. The molecular weight excluding hydrogens is 392 g/mol. The number of aryl methyl sites for hydroxylation is 1. The normalized spacial score (nSPS) is 16.6. The number of carbonyl (C=O) groups is 1. The van der Waals surface area contributed by atoms with Gasteiger partial charge in [-0.2, -0.15) is 0 Å². The second-order valence-electron chi connectivity index (χ2n) is 7.51. The van der Waals surface area contributed by atoms with E-state index >= 15 is 0 Å². The van der Waals surface area contributed by atoms with Crippen LogP contribution >= 0.6 is 0 Å². The Hall–Kier alpha value is -1.97. The van der Waals surface area contributed by atoms with Crippen molar-refractivity contribution in [2.45, 2.75) is 44.7 Å². The number of imidazole rings is 1. The number of rotatable bonds is 7. The van der Waals surface area contributed by atoms with Crippen molar-refractivity contribution >= 4 is 27.0 Å². The molecule has 1 aromatic carbocycles. The van der Waals surface area contributed by atoms with Crippen LogP contribution in [-0.4, -0.2) is 66.9 Å². The Kier molecular flexibility index (Phi) is 6.60. The summed E-state index contributed by atoms with van der Waals surface area (Å²) in [6.45, 7) is 7.37. The van der Waals surface area contributed by atoms with E-state index in [4.69, 9.17) is 9.72 Å². The van der Waals surface area contributed by atoms with Gasteiger partial charge in [0.15, 0.2) is 0 Å². The maximum absolute atomic E-state index is 12.4. The zero-order valence-electron chi connectivity index (χ0n) is 17.6. The second kappa shape index (κ2) is 8.81. The zero-order valence-corrected chi connectivity index (χ0v) is 18.4. The summed E-state index contributed by atoms with van der Waals surface area (Å²) in [6.07, 6.45) is 1.58. The lowest BCUT2D eigenvalue weighted by Gasteiger charge is -2.30. The summed E-state index contributed by atoms with van der Waals surface area (Å²) in [5.74, 6) is 0.800. The maximum atomic E-state index is 12.4. The highest BCUT2D eigenvalue weighted by molar-refractivity contribution is 7.89. The van der Waals surface area contributed by atoms with E-state index in [0.717, 1.165) is 43.8 Å². The van der Waals surface area contributed by atoms with E-state index < -0.39 is 10.0 Å². The van der Waals surface area contributed by atoms with Gasteiger partial charge in [0.2, 0.25) is 10.0 Å². The molecule has 29 heavy (non-hydrogen) atoms. The van der Waals surface area contributed by atoms with E-state index in [2.05, 4.69) is 16.4 Å². The Bertz CT molecular complexity index is 976. The van der Waals surface area contributed by atoms with Crippen molar-refractivity contribution in [3.63, 3.8) is 0 Å². The number of nitrogens with zero attached hydrogens (tertiary/aromatic N) is 4. The summed E-state index contributed by atoms with van der Waals surface area (Å²) in [6, 6.07) is 5.12. The number of hydrogen-bond acceptors (Lipinski definition) is 6. The van der Waals surface area contributed by atoms with Gasteiger partial charge in [-0.25, -0.2) is 17.7 Å². The number of piperidine rings is 1. The first-order valence-corrected chi connectivity index (χ1v) is 11.5. The summed E-state index contributed by atoms with van der Waals surface area (Å²) in [7, 11) is -0.448. The molecule has 1 saturated heterocycles. The van der Waals surface area contributed by atoms with E-state index in [0.29, 0.717) is 18.7 Å². The molecule has 1 fully saturated rings. The van der Waals surface area contributed by atoms with Gasteiger partial charge in [-0.15, -0.1) is 0 Å². The van der Waals surface area contributed by atoms with Crippen molar-refractivity contribution < 1.29 is 17.9 Å². The van der Waals surface area contributed by atoms with Crippen LogP contribution in [0.4, 0.5) is 0 Å². The quantitative estimate of drug-likeness (QED) is 0.635. The summed E-state index contributed by atoms with van der Waals surface area (Å²) < 4.78 is 33.3. The van der Waals surface area contributed by atoms with Crippen molar-refractivity contribution in [1.82, 2.24) is 18.8 Å². The molecule has 2 heterocycles. The third-order valence-corrected chi connectivity index (χ3v) is 7.28. The molecule has 0 aliphatic carbocycles. The monoisotopic (exact) mass is 422 g/mol. The van der Waals surface area contributed by atoms with Gasteiger partial charge in [0.05, 0.1) is 35.0 Å². The molecule has 0 N–H and O–H groups in total. The molecule has 3 rings (SSSR count). The fraction of sp³-hybridized carbons (Fsp3) is 0.600. The number of fused-ring (bicyclic) bond motifs is 1.